The number of halogens is 2. The maximum absolute atomic E-state index is 12.1. The van der Waals surface area contributed by atoms with E-state index in [1.54, 1.807) is 22.7 Å². The second-order valence-electron chi connectivity index (χ2n) is 6.91. The molecule has 1 N–H and O–H groups in total. The molecule has 2 aromatic heterocycles. The number of hydrogen-bond donors (Lipinski definition) is 1. The van der Waals surface area contributed by atoms with E-state index in [9.17, 15) is 9.59 Å². The topological polar surface area (TPSA) is 88.8 Å². The van der Waals surface area contributed by atoms with E-state index < -0.39 is 0 Å². The summed E-state index contributed by atoms with van der Waals surface area (Å²) < 4.78 is 7.07. The Morgan fingerprint density at radius 1 is 1.29 bits per heavy atom. The van der Waals surface area contributed by atoms with Crippen molar-refractivity contribution >= 4 is 50.9 Å². The fourth-order valence-corrected chi connectivity index (χ4v) is 3.61. The highest BCUT2D eigenvalue weighted by atomic mass is 79.9. The van der Waals surface area contributed by atoms with E-state index in [2.05, 4.69) is 36.1 Å². The molecule has 0 fully saturated rings. The number of amides is 1. The van der Waals surface area contributed by atoms with Gasteiger partial charge in [-0.2, -0.15) is 9.61 Å². The molecule has 3 rings (SSSR count). The van der Waals surface area contributed by atoms with Gasteiger partial charge in [-0.05, 0) is 28.4 Å². The Hall–Kier alpha value is -2.65. The van der Waals surface area contributed by atoms with Crippen LogP contribution < -0.4 is 5.32 Å². The number of ether oxygens (including phenoxy) is 1. The van der Waals surface area contributed by atoms with Crippen LogP contribution in [0, 0.1) is 0 Å². The highest BCUT2D eigenvalue weighted by Crippen LogP contribution is 2.30. The monoisotopic (exact) mass is 507 g/mol. The summed E-state index contributed by atoms with van der Waals surface area (Å²) in [5, 5.41) is 8.36. The van der Waals surface area contributed by atoms with Crippen LogP contribution in [-0.4, -0.2) is 58.6 Å². The van der Waals surface area contributed by atoms with E-state index in [0.29, 0.717) is 30.2 Å². The van der Waals surface area contributed by atoms with Crippen molar-refractivity contribution in [2.24, 2.45) is 0 Å². The standard InChI is InChI=1S/C21H23BrClN5O3/c1-27(19(29)8-9-20(30)31-2)11-5-10-24-18-12-17(14-6-3-4-7-16(14)23)26-21-15(22)13-25-28(18)21/h3-4,6-7,12-13,24H,5,8-11H2,1-2H3. The van der Waals surface area contributed by atoms with Crippen molar-refractivity contribution in [3.8, 4) is 11.3 Å². The van der Waals surface area contributed by atoms with Crippen LogP contribution in [0.2, 0.25) is 5.02 Å². The van der Waals surface area contributed by atoms with Gasteiger partial charge in [0.15, 0.2) is 5.65 Å². The summed E-state index contributed by atoms with van der Waals surface area (Å²) in [5.74, 6) is 0.295. The predicted molar refractivity (Wildman–Crippen MR) is 123 cm³/mol. The van der Waals surface area contributed by atoms with Gasteiger partial charge in [0.1, 0.15) is 5.82 Å². The Bertz CT molecular complexity index is 1090. The van der Waals surface area contributed by atoms with Crippen molar-refractivity contribution in [3.63, 3.8) is 0 Å². The van der Waals surface area contributed by atoms with E-state index in [-0.39, 0.29) is 24.7 Å². The highest BCUT2D eigenvalue weighted by molar-refractivity contribution is 9.10. The summed E-state index contributed by atoms with van der Waals surface area (Å²) in [7, 11) is 3.04. The maximum Gasteiger partial charge on any atom is 0.306 e. The smallest absolute Gasteiger partial charge is 0.306 e. The lowest BCUT2D eigenvalue weighted by molar-refractivity contribution is -0.143. The van der Waals surface area contributed by atoms with Crippen LogP contribution in [0.3, 0.4) is 0 Å². The molecule has 0 saturated carbocycles. The zero-order valence-electron chi connectivity index (χ0n) is 17.3. The number of esters is 1. The van der Waals surface area contributed by atoms with Gasteiger partial charge >= 0.3 is 5.97 Å². The maximum atomic E-state index is 12.1. The lowest BCUT2D eigenvalue weighted by Crippen LogP contribution is -2.29. The van der Waals surface area contributed by atoms with E-state index in [4.69, 9.17) is 11.6 Å². The SMILES string of the molecule is COC(=O)CCC(=O)N(C)CCCNc1cc(-c2ccccc2Cl)nc2c(Br)cnn12. The number of nitrogens with one attached hydrogen (secondary N) is 1. The van der Waals surface area contributed by atoms with Crippen molar-refractivity contribution < 1.29 is 14.3 Å². The molecule has 1 amide bonds. The van der Waals surface area contributed by atoms with Crippen molar-refractivity contribution in [1.29, 1.82) is 0 Å². The number of methoxy groups -OCH3 is 1. The number of rotatable bonds is 9. The first-order valence-corrected chi connectivity index (χ1v) is 10.9. The van der Waals surface area contributed by atoms with Crippen molar-refractivity contribution in [2.75, 3.05) is 32.6 Å². The number of benzene rings is 1. The van der Waals surface area contributed by atoms with Crippen molar-refractivity contribution in [1.82, 2.24) is 19.5 Å². The molecule has 0 bridgehead atoms. The summed E-state index contributed by atoms with van der Waals surface area (Å²) in [6.07, 6.45) is 2.64. The molecule has 164 valence electrons. The van der Waals surface area contributed by atoms with Gasteiger partial charge in [-0.1, -0.05) is 29.8 Å². The first kappa shape index (κ1) is 23.0. The molecule has 31 heavy (non-hydrogen) atoms. The molecule has 0 aliphatic carbocycles. The van der Waals surface area contributed by atoms with Gasteiger partial charge in [-0.3, -0.25) is 9.59 Å². The molecule has 3 aromatic rings. The Morgan fingerprint density at radius 2 is 2.06 bits per heavy atom. The number of nitrogens with zero attached hydrogens (tertiary/aromatic N) is 4. The van der Waals surface area contributed by atoms with Gasteiger partial charge in [-0.25, -0.2) is 4.98 Å². The quantitative estimate of drug-likeness (QED) is 0.347. The molecule has 0 spiro atoms. The third-order valence-electron chi connectivity index (χ3n) is 4.75. The molecular formula is C21H23BrClN5O3. The Morgan fingerprint density at radius 3 is 2.81 bits per heavy atom. The summed E-state index contributed by atoms with van der Waals surface area (Å²) in [4.78, 5) is 29.6. The van der Waals surface area contributed by atoms with Crippen LogP contribution in [-0.2, 0) is 14.3 Å². The van der Waals surface area contributed by atoms with E-state index in [1.807, 2.05) is 30.3 Å². The minimum Gasteiger partial charge on any atom is -0.469 e. The first-order chi connectivity index (χ1) is 14.9. The molecule has 0 aliphatic heterocycles. The van der Waals surface area contributed by atoms with Crippen LogP contribution in [0.1, 0.15) is 19.3 Å². The van der Waals surface area contributed by atoms with Gasteiger partial charge < -0.3 is 15.0 Å². The van der Waals surface area contributed by atoms with Crippen LogP contribution in [0.5, 0.6) is 0 Å². The lowest BCUT2D eigenvalue weighted by Gasteiger charge is -2.17. The van der Waals surface area contributed by atoms with Crippen LogP contribution in [0.15, 0.2) is 41.0 Å². The molecule has 0 atom stereocenters. The minimum absolute atomic E-state index is 0.0892. The number of hydrogen-bond acceptors (Lipinski definition) is 6. The summed E-state index contributed by atoms with van der Waals surface area (Å²) in [5.41, 5.74) is 2.24. The molecule has 0 radical (unpaired) electrons. The van der Waals surface area contributed by atoms with Crippen LogP contribution in [0.4, 0.5) is 5.82 Å². The van der Waals surface area contributed by atoms with Crippen LogP contribution >= 0.6 is 27.5 Å². The first-order valence-electron chi connectivity index (χ1n) is 9.74. The summed E-state index contributed by atoms with van der Waals surface area (Å²) in [6, 6.07) is 9.44. The minimum atomic E-state index is -0.384. The molecule has 0 saturated heterocycles. The highest BCUT2D eigenvalue weighted by Gasteiger charge is 2.14. The third-order valence-corrected chi connectivity index (χ3v) is 5.64. The van der Waals surface area contributed by atoms with Gasteiger partial charge in [0, 0.05) is 43.2 Å². The number of fused-ring (bicyclic) bond motifs is 1. The van der Waals surface area contributed by atoms with Crippen molar-refractivity contribution in [3.05, 3.63) is 46.0 Å². The average Bonchev–Trinajstić information content (AvgIpc) is 3.15. The zero-order chi connectivity index (χ0) is 22.4. The van der Waals surface area contributed by atoms with Crippen molar-refractivity contribution in [2.45, 2.75) is 19.3 Å². The van der Waals surface area contributed by atoms with Gasteiger partial charge in [0.25, 0.3) is 0 Å². The lowest BCUT2D eigenvalue weighted by atomic mass is 10.1. The fraction of sp³-hybridized carbons (Fsp3) is 0.333. The molecule has 10 heteroatoms. The molecule has 0 unspecified atom stereocenters. The molecule has 2 heterocycles. The number of carbonyl (C=O) groups excluding carboxylic acids is 2. The van der Waals surface area contributed by atoms with Gasteiger partial charge in [0.05, 0.1) is 29.9 Å². The second-order valence-corrected chi connectivity index (χ2v) is 8.17. The number of anilines is 1. The fourth-order valence-electron chi connectivity index (χ4n) is 3.03. The average molecular weight is 509 g/mol. The molecule has 1 aromatic carbocycles. The number of carbonyl (C=O) groups is 2. The van der Waals surface area contributed by atoms with E-state index in [0.717, 1.165) is 21.5 Å². The Labute approximate surface area is 193 Å². The Kier molecular flexibility index (Phi) is 7.86. The van der Waals surface area contributed by atoms with E-state index >= 15 is 0 Å². The molecular weight excluding hydrogens is 486 g/mol. The van der Waals surface area contributed by atoms with Crippen LogP contribution in [0.25, 0.3) is 16.9 Å². The molecule has 0 aliphatic rings. The van der Waals surface area contributed by atoms with Gasteiger partial charge in [-0.15, -0.1) is 0 Å². The van der Waals surface area contributed by atoms with Gasteiger partial charge in [0.2, 0.25) is 5.91 Å². The normalized spacial score (nSPS) is 10.8. The van der Waals surface area contributed by atoms with E-state index in [1.165, 1.54) is 7.11 Å². The molecule has 8 nitrogen and oxygen atoms in total. The predicted octanol–water partition coefficient (Wildman–Crippen LogP) is 4.03. The zero-order valence-corrected chi connectivity index (χ0v) is 19.6. The third kappa shape index (κ3) is 5.74. The Balaban J connectivity index is 1.66. The second kappa shape index (κ2) is 10.6. The summed E-state index contributed by atoms with van der Waals surface area (Å²) >= 11 is 9.85. The summed E-state index contributed by atoms with van der Waals surface area (Å²) in [6.45, 7) is 1.18. The number of aromatic nitrogens is 3. The largest absolute Gasteiger partial charge is 0.469 e.